The fraction of sp³-hybridized carbons (Fsp3) is 0.833. The van der Waals surface area contributed by atoms with E-state index in [1.807, 2.05) is 0 Å². The van der Waals surface area contributed by atoms with Gasteiger partial charge in [0.05, 0.1) is 13.5 Å². The van der Waals surface area contributed by atoms with Crippen LogP contribution in [0.4, 0.5) is 0 Å². The van der Waals surface area contributed by atoms with Gasteiger partial charge in [-0.15, -0.1) is 0 Å². The molecule has 0 saturated carbocycles. The third kappa shape index (κ3) is 3.42. The molecule has 0 aliphatic rings. The maximum Gasteiger partial charge on any atom is 0.305 e. The number of methoxy groups -OCH3 is 1. The van der Waals surface area contributed by atoms with E-state index in [0.717, 1.165) is 0 Å². The number of esters is 1. The number of aliphatic hydroxyl groups excluding tert-OH is 2. The van der Waals surface area contributed by atoms with Crippen LogP contribution in [0.15, 0.2) is 0 Å². The number of aliphatic hydroxyl groups is 2. The Kier molecular flexibility index (Phi) is 4.88. The van der Waals surface area contributed by atoms with Gasteiger partial charge in [-0.05, 0) is 0 Å². The van der Waals surface area contributed by atoms with Crippen LogP contribution >= 0.6 is 0 Å². The van der Waals surface area contributed by atoms with Gasteiger partial charge in [0.2, 0.25) is 0 Å². The largest absolute Gasteiger partial charge is 0.469 e. The van der Waals surface area contributed by atoms with E-state index in [2.05, 4.69) is 4.74 Å². The lowest BCUT2D eigenvalue weighted by Crippen LogP contribution is -2.16. The van der Waals surface area contributed by atoms with Crippen LogP contribution < -0.4 is 0 Å². The van der Waals surface area contributed by atoms with E-state index in [1.165, 1.54) is 7.11 Å². The lowest BCUT2D eigenvalue weighted by molar-refractivity contribution is -0.142. The van der Waals surface area contributed by atoms with Gasteiger partial charge in [-0.2, -0.15) is 0 Å². The lowest BCUT2D eigenvalue weighted by Gasteiger charge is -2.07. The molecule has 0 bridgehead atoms. The van der Waals surface area contributed by atoms with Gasteiger partial charge in [-0.25, -0.2) is 0 Å². The predicted octanol–water partition coefficient (Wildman–Crippen LogP) is -0.850. The molecule has 0 aromatic carbocycles. The van der Waals surface area contributed by atoms with Gasteiger partial charge in [0.15, 0.2) is 0 Å². The summed E-state index contributed by atoms with van der Waals surface area (Å²) >= 11 is 0. The first kappa shape index (κ1) is 9.39. The zero-order valence-corrected chi connectivity index (χ0v) is 5.91. The maximum absolute atomic E-state index is 10.5. The van der Waals surface area contributed by atoms with Gasteiger partial charge in [0.1, 0.15) is 0 Å². The molecule has 0 fully saturated rings. The summed E-state index contributed by atoms with van der Waals surface area (Å²) in [6.45, 7) is -0.378. The van der Waals surface area contributed by atoms with Gasteiger partial charge in [-0.3, -0.25) is 4.79 Å². The first-order chi connectivity index (χ1) is 4.74. The SMILES string of the molecule is COC(=O)CC(CO)CO. The van der Waals surface area contributed by atoms with Gasteiger partial charge < -0.3 is 14.9 Å². The molecule has 0 amide bonds. The minimum Gasteiger partial charge on any atom is -0.469 e. The average Bonchev–Trinajstić information content (AvgIpc) is 1.99. The normalized spacial score (nSPS) is 10.0. The van der Waals surface area contributed by atoms with Crippen molar-refractivity contribution < 1.29 is 19.7 Å². The summed E-state index contributed by atoms with van der Waals surface area (Å²) in [7, 11) is 1.27. The monoisotopic (exact) mass is 148 g/mol. The molecule has 4 heteroatoms. The van der Waals surface area contributed by atoms with Crippen molar-refractivity contribution in [3.8, 4) is 0 Å². The van der Waals surface area contributed by atoms with Crippen molar-refractivity contribution in [2.24, 2.45) is 5.92 Å². The first-order valence-electron chi connectivity index (χ1n) is 3.03. The molecule has 0 heterocycles. The highest BCUT2D eigenvalue weighted by atomic mass is 16.5. The molecule has 4 nitrogen and oxygen atoms in total. The van der Waals surface area contributed by atoms with Crippen LogP contribution in [0.1, 0.15) is 6.42 Å². The number of carbonyl (C=O) groups excluding carboxylic acids is 1. The van der Waals surface area contributed by atoms with Gasteiger partial charge in [0, 0.05) is 19.1 Å². The third-order valence-corrected chi connectivity index (χ3v) is 1.20. The van der Waals surface area contributed by atoms with Crippen molar-refractivity contribution in [2.75, 3.05) is 20.3 Å². The van der Waals surface area contributed by atoms with Crippen molar-refractivity contribution in [1.29, 1.82) is 0 Å². The van der Waals surface area contributed by atoms with Crippen molar-refractivity contribution >= 4 is 5.97 Å². The first-order valence-corrected chi connectivity index (χ1v) is 3.03. The summed E-state index contributed by atoms with van der Waals surface area (Å²) in [6.07, 6.45) is 0.0729. The topological polar surface area (TPSA) is 66.8 Å². The second kappa shape index (κ2) is 5.20. The molecule has 0 aliphatic carbocycles. The smallest absolute Gasteiger partial charge is 0.305 e. The van der Waals surface area contributed by atoms with Crippen molar-refractivity contribution in [3.05, 3.63) is 0 Å². The second-order valence-corrected chi connectivity index (χ2v) is 2.01. The molecule has 0 aromatic heterocycles. The zero-order chi connectivity index (χ0) is 7.98. The molecule has 2 N–H and O–H groups in total. The third-order valence-electron chi connectivity index (χ3n) is 1.20. The summed E-state index contributed by atoms with van der Waals surface area (Å²) in [5.41, 5.74) is 0. The lowest BCUT2D eigenvalue weighted by atomic mass is 10.1. The molecule has 0 saturated heterocycles. The number of ether oxygens (including phenoxy) is 1. The number of hydrogen-bond acceptors (Lipinski definition) is 4. The number of hydrogen-bond donors (Lipinski definition) is 2. The van der Waals surface area contributed by atoms with Crippen molar-refractivity contribution in [3.63, 3.8) is 0 Å². The van der Waals surface area contributed by atoms with E-state index >= 15 is 0 Å². The molecule has 0 unspecified atom stereocenters. The Morgan fingerprint density at radius 3 is 2.30 bits per heavy atom. The summed E-state index contributed by atoms with van der Waals surface area (Å²) < 4.78 is 4.32. The number of carbonyl (C=O) groups is 1. The molecule has 0 aromatic rings. The molecular weight excluding hydrogens is 136 g/mol. The zero-order valence-electron chi connectivity index (χ0n) is 5.91. The quantitative estimate of drug-likeness (QED) is 0.510. The second-order valence-electron chi connectivity index (χ2n) is 2.01. The molecule has 0 aliphatic heterocycles. The van der Waals surface area contributed by atoms with Crippen molar-refractivity contribution in [1.82, 2.24) is 0 Å². The standard InChI is InChI=1S/C6H12O4/c1-10-6(9)2-5(3-7)4-8/h5,7-8H,2-4H2,1H3. The molecule has 60 valence electrons. The van der Waals surface area contributed by atoms with Crippen LogP contribution in [0, 0.1) is 5.92 Å². The van der Waals surface area contributed by atoms with Crippen LogP contribution in [0.2, 0.25) is 0 Å². The Labute approximate surface area is 59.4 Å². The molecular formula is C6H12O4. The molecule has 0 rings (SSSR count). The fourth-order valence-corrected chi connectivity index (χ4v) is 0.506. The molecule has 10 heavy (non-hydrogen) atoms. The summed E-state index contributed by atoms with van der Waals surface area (Å²) in [5, 5.41) is 17.0. The van der Waals surface area contributed by atoms with E-state index < -0.39 is 5.97 Å². The van der Waals surface area contributed by atoms with E-state index in [4.69, 9.17) is 10.2 Å². The Hall–Kier alpha value is -0.610. The summed E-state index contributed by atoms with van der Waals surface area (Å²) in [6, 6.07) is 0. The van der Waals surface area contributed by atoms with Crippen LogP contribution in [-0.2, 0) is 9.53 Å². The minimum atomic E-state index is -0.409. The Bertz CT molecular complexity index is 97.9. The van der Waals surface area contributed by atoms with Gasteiger partial charge in [-0.1, -0.05) is 0 Å². The number of rotatable bonds is 4. The predicted molar refractivity (Wildman–Crippen MR) is 34.3 cm³/mol. The summed E-state index contributed by atoms with van der Waals surface area (Å²) in [4.78, 5) is 10.5. The Balaban J connectivity index is 3.52. The fourth-order valence-electron chi connectivity index (χ4n) is 0.506. The van der Waals surface area contributed by atoms with Crippen molar-refractivity contribution in [2.45, 2.75) is 6.42 Å². The van der Waals surface area contributed by atoms with Crippen LogP contribution in [0.5, 0.6) is 0 Å². The minimum absolute atomic E-state index is 0.0729. The highest BCUT2D eigenvalue weighted by molar-refractivity contribution is 5.69. The van der Waals surface area contributed by atoms with Crippen LogP contribution in [-0.4, -0.2) is 36.5 Å². The molecule has 0 spiro atoms. The Morgan fingerprint density at radius 2 is 2.00 bits per heavy atom. The summed E-state index contributed by atoms with van der Waals surface area (Å²) in [5.74, 6) is -0.791. The highest BCUT2D eigenvalue weighted by Crippen LogP contribution is 2.00. The molecule has 0 radical (unpaired) electrons. The van der Waals surface area contributed by atoms with Crippen LogP contribution in [0.3, 0.4) is 0 Å². The average molecular weight is 148 g/mol. The molecule has 0 atom stereocenters. The maximum atomic E-state index is 10.5. The Morgan fingerprint density at radius 1 is 1.50 bits per heavy atom. The van der Waals surface area contributed by atoms with E-state index in [9.17, 15) is 4.79 Å². The highest BCUT2D eigenvalue weighted by Gasteiger charge is 2.11. The van der Waals surface area contributed by atoms with Gasteiger partial charge >= 0.3 is 5.97 Å². The van der Waals surface area contributed by atoms with Gasteiger partial charge in [0.25, 0.3) is 0 Å². The van der Waals surface area contributed by atoms with E-state index in [1.54, 1.807) is 0 Å². The van der Waals surface area contributed by atoms with E-state index in [0.29, 0.717) is 0 Å². The van der Waals surface area contributed by atoms with Crippen LogP contribution in [0.25, 0.3) is 0 Å². The van der Waals surface area contributed by atoms with E-state index in [-0.39, 0.29) is 25.6 Å².